The van der Waals surface area contributed by atoms with Crippen LogP contribution in [0.5, 0.6) is 0 Å². The van der Waals surface area contributed by atoms with Crippen LogP contribution in [0.15, 0.2) is 17.0 Å². The van der Waals surface area contributed by atoms with Gasteiger partial charge in [-0.3, -0.25) is 0 Å². The van der Waals surface area contributed by atoms with E-state index in [-0.39, 0.29) is 0 Å². The van der Waals surface area contributed by atoms with Crippen LogP contribution in [0.1, 0.15) is 20.3 Å². The van der Waals surface area contributed by atoms with Crippen LogP contribution >= 0.6 is 15.9 Å². The molecule has 0 spiro atoms. The lowest BCUT2D eigenvalue weighted by Crippen LogP contribution is -2.32. The lowest BCUT2D eigenvalue weighted by Gasteiger charge is -2.22. The Morgan fingerprint density at radius 1 is 1.64 bits per heavy atom. The van der Waals surface area contributed by atoms with Crippen molar-refractivity contribution in [1.82, 2.24) is 9.97 Å². The third kappa shape index (κ3) is 3.23. The van der Waals surface area contributed by atoms with Crippen molar-refractivity contribution < 1.29 is 5.11 Å². The molecule has 0 saturated heterocycles. The monoisotopic (exact) mass is 259 g/mol. The molecule has 0 aliphatic carbocycles. The topological polar surface area (TPSA) is 58.0 Å². The summed E-state index contributed by atoms with van der Waals surface area (Å²) in [6.07, 6.45) is 3.83. The summed E-state index contributed by atoms with van der Waals surface area (Å²) in [5.41, 5.74) is -0.704. The molecule has 1 heterocycles. The van der Waals surface area contributed by atoms with Crippen molar-refractivity contribution in [3.63, 3.8) is 0 Å². The number of nitrogens with one attached hydrogen (secondary N) is 1. The number of anilines is 1. The van der Waals surface area contributed by atoms with Gasteiger partial charge in [-0.25, -0.2) is 9.97 Å². The Morgan fingerprint density at radius 3 is 2.93 bits per heavy atom. The fraction of sp³-hybridized carbons (Fsp3) is 0.556. The number of hydrogen-bond donors (Lipinski definition) is 2. The smallest absolute Gasteiger partial charge is 0.143 e. The van der Waals surface area contributed by atoms with Crippen LogP contribution < -0.4 is 5.32 Å². The molecule has 0 radical (unpaired) electrons. The average molecular weight is 260 g/mol. The molecule has 2 N–H and O–H groups in total. The Balaban J connectivity index is 2.58. The first kappa shape index (κ1) is 11.4. The molecule has 4 nitrogen and oxygen atoms in total. The summed E-state index contributed by atoms with van der Waals surface area (Å²) >= 11 is 3.32. The lowest BCUT2D eigenvalue weighted by atomic mass is 10.0. The van der Waals surface area contributed by atoms with E-state index in [9.17, 15) is 5.11 Å². The van der Waals surface area contributed by atoms with Crippen molar-refractivity contribution in [2.45, 2.75) is 25.9 Å². The summed E-state index contributed by atoms with van der Waals surface area (Å²) in [5, 5.41) is 12.8. The second-order valence-electron chi connectivity index (χ2n) is 3.42. The Morgan fingerprint density at radius 2 is 2.36 bits per heavy atom. The van der Waals surface area contributed by atoms with Crippen LogP contribution in [0.25, 0.3) is 0 Å². The van der Waals surface area contributed by atoms with Crippen LogP contribution in [-0.2, 0) is 0 Å². The van der Waals surface area contributed by atoms with E-state index in [0.29, 0.717) is 18.8 Å². The van der Waals surface area contributed by atoms with E-state index in [4.69, 9.17) is 0 Å². The van der Waals surface area contributed by atoms with E-state index in [1.807, 2.05) is 6.92 Å². The van der Waals surface area contributed by atoms with Gasteiger partial charge < -0.3 is 10.4 Å². The van der Waals surface area contributed by atoms with Gasteiger partial charge in [0.1, 0.15) is 12.1 Å². The molecule has 1 rings (SSSR count). The molecule has 0 bridgehead atoms. The molecule has 1 aromatic heterocycles. The molecule has 14 heavy (non-hydrogen) atoms. The van der Waals surface area contributed by atoms with Crippen molar-refractivity contribution >= 4 is 21.7 Å². The van der Waals surface area contributed by atoms with Gasteiger partial charge in [0.15, 0.2) is 0 Å². The predicted molar refractivity (Wildman–Crippen MR) is 59.1 cm³/mol. The van der Waals surface area contributed by atoms with E-state index in [1.54, 1.807) is 13.1 Å². The molecule has 0 amide bonds. The Labute approximate surface area is 91.9 Å². The number of hydrogen-bond acceptors (Lipinski definition) is 4. The minimum Gasteiger partial charge on any atom is -0.388 e. The summed E-state index contributed by atoms with van der Waals surface area (Å²) in [6.45, 7) is 4.20. The highest BCUT2D eigenvalue weighted by atomic mass is 79.9. The maximum Gasteiger partial charge on any atom is 0.143 e. The maximum atomic E-state index is 9.75. The van der Waals surface area contributed by atoms with Gasteiger partial charge in [-0.05, 0) is 29.3 Å². The molecular formula is C9H14BrN3O. The van der Waals surface area contributed by atoms with Crippen molar-refractivity contribution in [2.24, 2.45) is 0 Å². The molecule has 0 aromatic carbocycles. The van der Waals surface area contributed by atoms with Crippen LogP contribution in [0.2, 0.25) is 0 Å². The first-order valence-electron chi connectivity index (χ1n) is 4.47. The lowest BCUT2D eigenvalue weighted by molar-refractivity contribution is 0.0696. The predicted octanol–water partition coefficient (Wildman–Crippen LogP) is 1.81. The normalized spacial score (nSPS) is 14.9. The van der Waals surface area contributed by atoms with Crippen molar-refractivity contribution in [1.29, 1.82) is 0 Å². The summed E-state index contributed by atoms with van der Waals surface area (Å²) < 4.78 is 0.798. The first-order chi connectivity index (χ1) is 6.55. The van der Waals surface area contributed by atoms with Gasteiger partial charge in [0.2, 0.25) is 0 Å². The van der Waals surface area contributed by atoms with Gasteiger partial charge in [-0.15, -0.1) is 0 Å². The summed E-state index contributed by atoms with van der Waals surface area (Å²) in [6, 6.07) is 0. The Hall–Kier alpha value is -0.680. The number of aromatic nitrogens is 2. The van der Waals surface area contributed by atoms with Gasteiger partial charge in [0.25, 0.3) is 0 Å². The Bertz CT molecular complexity index is 304. The first-order valence-corrected chi connectivity index (χ1v) is 5.26. The van der Waals surface area contributed by atoms with Gasteiger partial charge in [-0.1, -0.05) is 6.92 Å². The van der Waals surface area contributed by atoms with Crippen molar-refractivity contribution in [2.75, 3.05) is 11.9 Å². The highest BCUT2D eigenvalue weighted by Crippen LogP contribution is 2.18. The summed E-state index contributed by atoms with van der Waals surface area (Å²) in [7, 11) is 0. The molecule has 5 heteroatoms. The number of nitrogens with zero attached hydrogens (tertiary/aromatic N) is 2. The fourth-order valence-electron chi connectivity index (χ4n) is 0.842. The third-order valence-electron chi connectivity index (χ3n) is 2.07. The molecule has 1 unspecified atom stereocenters. The number of halogens is 1. The Kier molecular flexibility index (Phi) is 3.83. The zero-order valence-corrected chi connectivity index (χ0v) is 9.87. The third-order valence-corrected chi connectivity index (χ3v) is 2.65. The summed E-state index contributed by atoms with van der Waals surface area (Å²) in [4.78, 5) is 7.88. The van der Waals surface area contributed by atoms with E-state index < -0.39 is 5.60 Å². The second kappa shape index (κ2) is 4.70. The SMILES string of the molecule is CCC(C)(O)CNc1ncncc1Br. The highest BCUT2D eigenvalue weighted by molar-refractivity contribution is 9.10. The van der Waals surface area contributed by atoms with Crippen LogP contribution in [0.3, 0.4) is 0 Å². The van der Waals surface area contributed by atoms with Crippen LogP contribution in [-0.4, -0.2) is 27.2 Å². The van der Waals surface area contributed by atoms with E-state index in [0.717, 1.165) is 4.47 Å². The van der Waals surface area contributed by atoms with Gasteiger partial charge >= 0.3 is 0 Å². The van der Waals surface area contributed by atoms with Gasteiger partial charge in [0.05, 0.1) is 10.1 Å². The quantitative estimate of drug-likeness (QED) is 0.866. The highest BCUT2D eigenvalue weighted by Gasteiger charge is 2.17. The second-order valence-corrected chi connectivity index (χ2v) is 4.28. The molecule has 0 aliphatic rings. The number of aliphatic hydroxyl groups is 1. The molecule has 0 aliphatic heterocycles. The van der Waals surface area contributed by atoms with E-state index in [1.165, 1.54) is 6.33 Å². The van der Waals surface area contributed by atoms with Crippen molar-refractivity contribution in [3.05, 3.63) is 17.0 Å². The minimum absolute atomic E-state index is 0.471. The standard InChI is InChI=1S/C9H14BrN3O/c1-3-9(2,14)5-12-8-7(10)4-11-6-13-8/h4,6,14H,3,5H2,1-2H3,(H,11,12,13). The fourth-order valence-corrected chi connectivity index (χ4v) is 1.20. The van der Waals surface area contributed by atoms with Gasteiger partial charge in [0, 0.05) is 12.7 Å². The van der Waals surface area contributed by atoms with Gasteiger partial charge in [-0.2, -0.15) is 0 Å². The molecule has 0 saturated carbocycles. The maximum absolute atomic E-state index is 9.75. The van der Waals surface area contributed by atoms with Crippen LogP contribution in [0, 0.1) is 0 Å². The van der Waals surface area contributed by atoms with Crippen molar-refractivity contribution in [3.8, 4) is 0 Å². The molecule has 1 atom stereocenters. The average Bonchev–Trinajstić information content (AvgIpc) is 2.17. The zero-order chi connectivity index (χ0) is 10.6. The minimum atomic E-state index is -0.704. The van der Waals surface area contributed by atoms with Crippen LogP contribution in [0.4, 0.5) is 5.82 Å². The van der Waals surface area contributed by atoms with E-state index in [2.05, 4.69) is 31.2 Å². The van der Waals surface area contributed by atoms with E-state index >= 15 is 0 Å². The molecule has 1 aromatic rings. The zero-order valence-electron chi connectivity index (χ0n) is 8.29. The number of rotatable bonds is 4. The molecule has 0 fully saturated rings. The summed E-state index contributed by atoms with van der Waals surface area (Å²) in [5.74, 6) is 0.703. The molecule has 78 valence electrons. The molecular weight excluding hydrogens is 246 g/mol. The largest absolute Gasteiger partial charge is 0.388 e.